The molecule has 1 aliphatic heterocycles. The van der Waals surface area contributed by atoms with Gasteiger partial charge in [-0.15, -0.1) is 0 Å². The van der Waals surface area contributed by atoms with Crippen molar-refractivity contribution in [3.05, 3.63) is 35.1 Å². The van der Waals surface area contributed by atoms with Crippen LogP contribution in [0.4, 0.5) is 4.39 Å². The van der Waals surface area contributed by atoms with Gasteiger partial charge >= 0.3 is 0 Å². The first-order valence-corrected chi connectivity index (χ1v) is 10.7. The van der Waals surface area contributed by atoms with Crippen LogP contribution in [0.1, 0.15) is 43.7 Å². The molecule has 146 valence electrons. The van der Waals surface area contributed by atoms with Crippen LogP contribution in [0.5, 0.6) is 0 Å². The summed E-state index contributed by atoms with van der Waals surface area (Å²) < 4.78 is 37.2. The number of halogens is 1. The maximum Gasteiger partial charge on any atom is 0.154 e. The number of rotatable bonds is 6. The maximum absolute atomic E-state index is 14.3. The monoisotopic (exact) mass is 394 g/mol. The van der Waals surface area contributed by atoms with E-state index in [1.54, 1.807) is 19.1 Å². The highest BCUT2D eigenvalue weighted by Gasteiger charge is 2.40. The molecule has 6 nitrogen and oxygen atoms in total. The van der Waals surface area contributed by atoms with Crippen molar-refractivity contribution in [1.29, 1.82) is 0 Å². The molecule has 8 heteroatoms. The quantitative estimate of drug-likeness (QED) is 0.571. The fourth-order valence-electron chi connectivity index (χ4n) is 2.92. The van der Waals surface area contributed by atoms with E-state index in [-0.39, 0.29) is 13.0 Å². The van der Waals surface area contributed by atoms with E-state index in [4.69, 9.17) is 10.0 Å². The molecule has 1 heterocycles. The Hall–Kier alpha value is -1.95. The lowest BCUT2D eigenvalue weighted by molar-refractivity contribution is 0.0646. The number of hydrogen-bond acceptors (Lipinski definition) is 6. The van der Waals surface area contributed by atoms with Gasteiger partial charge in [-0.05, 0) is 31.9 Å². The van der Waals surface area contributed by atoms with E-state index in [9.17, 15) is 12.8 Å². The predicted molar refractivity (Wildman–Crippen MR) is 99.7 cm³/mol. The lowest BCUT2D eigenvalue weighted by Crippen LogP contribution is -2.46. The molecule has 1 aromatic carbocycles. The number of benzene rings is 1. The van der Waals surface area contributed by atoms with E-state index in [1.165, 1.54) is 6.07 Å². The molecule has 0 bridgehead atoms. The van der Waals surface area contributed by atoms with Gasteiger partial charge in [0.1, 0.15) is 11.9 Å². The molecular formula is C19H23FN2O4S. The molecule has 0 saturated heterocycles. The van der Waals surface area contributed by atoms with E-state index < -0.39 is 26.5 Å². The Balaban J connectivity index is 1.68. The van der Waals surface area contributed by atoms with Gasteiger partial charge in [0.05, 0.1) is 16.0 Å². The van der Waals surface area contributed by atoms with Gasteiger partial charge in [0.25, 0.3) is 0 Å². The normalized spacial score (nSPS) is 21.6. The van der Waals surface area contributed by atoms with Gasteiger partial charge in [-0.2, -0.15) is 0 Å². The molecule has 2 unspecified atom stereocenters. The largest absolute Gasteiger partial charge is 0.392 e. The fourth-order valence-corrected chi connectivity index (χ4v) is 3.73. The lowest BCUT2D eigenvalue weighted by atomic mass is 9.96. The molecule has 0 radical (unpaired) electrons. The molecule has 3 rings (SSSR count). The smallest absolute Gasteiger partial charge is 0.154 e. The summed E-state index contributed by atoms with van der Waals surface area (Å²) >= 11 is 0. The number of oxime groups is 1. The molecule has 1 saturated carbocycles. The zero-order valence-electron chi connectivity index (χ0n) is 15.3. The summed E-state index contributed by atoms with van der Waals surface area (Å²) in [7, 11) is -3.45. The zero-order chi connectivity index (χ0) is 19.7. The van der Waals surface area contributed by atoms with Crippen LogP contribution < -0.4 is 5.48 Å². The van der Waals surface area contributed by atoms with Crippen LogP contribution in [0.15, 0.2) is 23.4 Å². The van der Waals surface area contributed by atoms with Gasteiger partial charge in [-0.3, -0.25) is 0 Å². The second-order valence-corrected chi connectivity index (χ2v) is 10.00. The van der Waals surface area contributed by atoms with Crippen molar-refractivity contribution in [2.45, 2.75) is 43.5 Å². The summed E-state index contributed by atoms with van der Waals surface area (Å²) in [5.41, 5.74) is 3.45. The number of hydroxylamine groups is 1. The average Bonchev–Trinajstić information content (AvgIpc) is 3.30. The van der Waals surface area contributed by atoms with Crippen LogP contribution in [0.25, 0.3) is 0 Å². The summed E-state index contributed by atoms with van der Waals surface area (Å²) in [6, 6.07) is 4.76. The van der Waals surface area contributed by atoms with E-state index in [0.717, 1.165) is 19.1 Å². The van der Waals surface area contributed by atoms with Crippen molar-refractivity contribution in [3.63, 3.8) is 0 Å². The van der Waals surface area contributed by atoms with Crippen LogP contribution in [0.2, 0.25) is 0 Å². The van der Waals surface area contributed by atoms with Crippen molar-refractivity contribution in [3.8, 4) is 11.8 Å². The molecule has 1 aromatic rings. The van der Waals surface area contributed by atoms with E-state index in [2.05, 4.69) is 17.0 Å². The molecule has 0 spiro atoms. The van der Waals surface area contributed by atoms with E-state index in [0.29, 0.717) is 29.2 Å². The molecule has 0 amide bonds. The van der Waals surface area contributed by atoms with Crippen LogP contribution in [0.3, 0.4) is 0 Å². The molecule has 27 heavy (non-hydrogen) atoms. The standard InChI is InChI=1S/C19H23FN2O4S/c1-19(12-21-23,27(2,24)25)11-16-10-18(22-26-16)15-8-7-14(17(20)9-15)6-5-13-3-4-13/h7-9,13,16,21,23H,3-4,10-12H2,1-2H3. The molecule has 0 aromatic heterocycles. The minimum atomic E-state index is -3.45. The summed E-state index contributed by atoms with van der Waals surface area (Å²) in [5.74, 6) is 5.90. The SMILES string of the molecule is CC(CNO)(CC1CC(c2ccc(C#CC3CC3)c(F)c2)=NO1)S(C)(=O)=O. The number of sulfone groups is 1. The van der Waals surface area contributed by atoms with Crippen molar-refractivity contribution in [1.82, 2.24) is 5.48 Å². The summed E-state index contributed by atoms with van der Waals surface area (Å²) in [5, 5.41) is 13.0. The molecule has 1 aliphatic carbocycles. The first-order chi connectivity index (χ1) is 12.7. The van der Waals surface area contributed by atoms with Gasteiger partial charge in [0.2, 0.25) is 0 Å². The van der Waals surface area contributed by atoms with Crippen molar-refractivity contribution >= 4 is 15.5 Å². The molecular weight excluding hydrogens is 371 g/mol. The van der Waals surface area contributed by atoms with E-state index >= 15 is 0 Å². The summed E-state index contributed by atoms with van der Waals surface area (Å²) in [4.78, 5) is 5.38. The zero-order valence-corrected chi connectivity index (χ0v) is 16.1. The molecule has 2 N–H and O–H groups in total. The van der Waals surface area contributed by atoms with Gasteiger partial charge in [-0.25, -0.2) is 18.3 Å². The Kier molecular flexibility index (Phi) is 5.56. The molecule has 1 fully saturated rings. The number of nitrogens with one attached hydrogen (secondary N) is 1. The highest BCUT2D eigenvalue weighted by atomic mass is 32.2. The second kappa shape index (κ2) is 7.58. The Morgan fingerprint density at radius 3 is 2.78 bits per heavy atom. The van der Waals surface area contributed by atoms with Crippen LogP contribution in [-0.4, -0.2) is 43.0 Å². The second-order valence-electron chi connectivity index (χ2n) is 7.47. The van der Waals surface area contributed by atoms with Gasteiger partial charge in [-0.1, -0.05) is 23.1 Å². The van der Waals surface area contributed by atoms with Crippen LogP contribution in [-0.2, 0) is 14.7 Å². The Morgan fingerprint density at radius 1 is 1.44 bits per heavy atom. The van der Waals surface area contributed by atoms with Crippen LogP contribution >= 0.6 is 0 Å². The Labute approximate surface area is 158 Å². The third-order valence-electron chi connectivity index (χ3n) is 5.03. The summed E-state index contributed by atoms with van der Waals surface area (Å²) in [6.45, 7) is 1.42. The van der Waals surface area contributed by atoms with Gasteiger partial charge in [0, 0.05) is 37.1 Å². The first kappa shape index (κ1) is 19.8. The number of hydrogen-bond donors (Lipinski definition) is 2. The first-order valence-electron chi connectivity index (χ1n) is 8.82. The highest BCUT2D eigenvalue weighted by Crippen LogP contribution is 2.29. The van der Waals surface area contributed by atoms with Crippen molar-refractivity contribution in [2.75, 3.05) is 12.8 Å². The Bertz CT molecular complexity index is 915. The topological polar surface area (TPSA) is 88.0 Å². The van der Waals surface area contributed by atoms with Gasteiger partial charge < -0.3 is 10.0 Å². The minimum Gasteiger partial charge on any atom is -0.392 e. The summed E-state index contributed by atoms with van der Waals surface area (Å²) in [6.07, 6.45) is 3.34. The predicted octanol–water partition coefficient (Wildman–Crippen LogP) is 2.25. The molecule has 2 aliphatic rings. The highest BCUT2D eigenvalue weighted by molar-refractivity contribution is 7.92. The fraction of sp³-hybridized carbons (Fsp3) is 0.526. The lowest BCUT2D eigenvalue weighted by Gasteiger charge is -2.28. The maximum atomic E-state index is 14.3. The third-order valence-corrected chi connectivity index (χ3v) is 7.13. The Morgan fingerprint density at radius 2 is 2.19 bits per heavy atom. The average molecular weight is 394 g/mol. The van der Waals surface area contributed by atoms with Crippen molar-refractivity contribution < 1.29 is 22.9 Å². The minimum absolute atomic E-state index is 0.121. The van der Waals surface area contributed by atoms with Crippen molar-refractivity contribution in [2.24, 2.45) is 11.1 Å². The molecule has 2 atom stereocenters. The van der Waals surface area contributed by atoms with Gasteiger partial charge in [0.15, 0.2) is 9.84 Å². The number of nitrogens with zero attached hydrogens (tertiary/aromatic N) is 1. The third kappa shape index (κ3) is 4.67. The van der Waals surface area contributed by atoms with Crippen LogP contribution in [0, 0.1) is 23.6 Å². The van der Waals surface area contributed by atoms with E-state index in [1.807, 2.05) is 5.48 Å².